The van der Waals surface area contributed by atoms with Crippen molar-refractivity contribution >= 4 is 0 Å². The van der Waals surface area contributed by atoms with E-state index >= 15 is 0 Å². The lowest BCUT2D eigenvalue weighted by molar-refractivity contribution is -0.228. The van der Waals surface area contributed by atoms with E-state index in [0.717, 1.165) is 66.7 Å². The highest BCUT2D eigenvalue weighted by atomic mass is 16.7. The Morgan fingerprint density at radius 1 is 0.333 bits per heavy atom. The Hall–Kier alpha value is -10.4. The minimum absolute atomic E-state index is 0.00288. The van der Waals surface area contributed by atoms with E-state index in [1.807, 2.05) is 0 Å². The second kappa shape index (κ2) is 16.6. The van der Waals surface area contributed by atoms with Crippen molar-refractivity contribution in [1.29, 1.82) is 0 Å². The van der Waals surface area contributed by atoms with Gasteiger partial charge in [-0.3, -0.25) is 0 Å². The summed E-state index contributed by atoms with van der Waals surface area (Å²) in [6.45, 7) is 0. The first-order valence-electron chi connectivity index (χ1n) is 25.9. The van der Waals surface area contributed by atoms with Gasteiger partial charge in [0, 0.05) is 92.4 Å². The molecule has 17 N–H and O–H groups in total. The zero-order valence-corrected chi connectivity index (χ0v) is 42.6. The maximum Gasteiger partial charge on any atom is 0.305 e. The molecule has 0 saturated carbocycles. The van der Waals surface area contributed by atoms with Crippen molar-refractivity contribution in [2.75, 3.05) is 0 Å². The van der Waals surface area contributed by atoms with Crippen LogP contribution in [-0.4, -0.2) is 111 Å². The zero-order valence-electron chi connectivity index (χ0n) is 42.6. The first kappa shape index (κ1) is 50.6. The topological polar surface area (TPSA) is 409 Å². The predicted molar refractivity (Wildman–Crippen MR) is 279 cm³/mol. The molecule has 11 atom stereocenters. The van der Waals surface area contributed by atoms with Crippen LogP contribution in [0.3, 0.4) is 0 Å². The second-order valence-corrected chi connectivity index (χ2v) is 21.6. The van der Waals surface area contributed by atoms with E-state index in [9.17, 15) is 86.8 Å². The molecule has 15 rings (SSSR count). The minimum atomic E-state index is -2.64. The number of rotatable bonds is 4. The standard InChI is InChI=1S/C60H44O24/c61-23-13-34(71)42-37(14-23)79-58(20-2-6-26(63)31(68)10-20)55(75)48(42)47-39(81-58)17-35(72)43-49-44-40(83-60(56(49)76,84-54(43)47)22-4-8-28(65)33(70)12-22)18-41-45(51(44)74)50-46-38(80-59(82-41,57(50)77)21-3-7-27(64)32(69)11-21)16-29(66)24-15-36(73)52(78-53(24)46)19-1-5-25(62)30(67)9-19/h1-14,16-18,36,48-50,52,55-57,61-77H,15H2/t36-,48+,49-,50+,52+,55+,56+,57+,58-,59+,60+/m0/s1. The lowest BCUT2D eigenvalue weighted by Gasteiger charge is -2.54. The summed E-state index contributed by atoms with van der Waals surface area (Å²) in [6.07, 6.45) is -9.15. The van der Waals surface area contributed by atoms with Gasteiger partial charge in [0.25, 0.3) is 0 Å². The highest BCUT2D eigenvalue weighted by molar-refractivity contribution is 5.76. The van der Waals surface area contributed by atoms with Gasteiger partial charge in [-0.1, -0.05) is 6.07 Å². The molecule has 84 heavy (non-hydrogen) atoms. The van der Waals surface area contributed by atoms with Gasteiger partial charge < -0.3 is 120 Å². The Balaban J connectivity index is 0.994. The van der Waals surface area contributed by atoms with Crippen LogP contribution in [0.15, 0.2) is 103 Å². The molecular formula is C60H44O24. The van der Waals surface area contributed by atoms with Gasteiger partial charge in [-0.2, -0.15) is 0 Å². The van der Waals surface area contributed by atoms with Gasteiger partial charge in [0.05, 0.1) is 23.9 Å². The molecule has 7 aliphatic heterocycles. The first-order chi connectivity index (χ1) is 40.0. The number of ether oxygens (including phenoxy) is 7. The summed E-state index contributed by atoms with van der Waals surface area (Å²) in [5.74, 6) is -22.6. The van der Waals surface area contributed by atoms with Gasteiger partial charge in [-0.05, 0) is 72.3 Å². The zero-order chi connectivity index (χ0) is 58.7. The summed E-state index contributed by atoms with van der Waals surface area (Å²) < 4.78 is 46.5. The third-order valence-electron chi connectivity index (χ3n) is 17.1. The predicted octanol–water partition coefficient (Wildman–Crippen LogP) is 5.29. The smallest absolute Gasteiger partial charge is 0.305 e. The number of hydrogen-bond acceptors (Lipinski definition) is 24. The summed E-state index contributed by atoms with van der Waals surface area (Å²) in [4.78, 5) is 0. The van der Waals surface area contributed by atoms with E-state index in [1.54, 1.807) is 0 Å². The van der Waals surface area contributed by atoms with E-state index in [2.05, 4.69) is 0 Å². The highest BCUT2D eigenvalue weighted by Crippen LogP contribution is 2.70. The molecule has 8 aromatic rings. The van der Waals surface area contributed by atoms with Crippen LogP contribution >= 0.6 is 0 Å². The van der Waals surface area contributed by atoms with Gasteiger partial charge in [0.15, 0.2) is 46.0 Å². The Kier molecular flexibility index (Phi) is 10.0. The summed E-state index contributed by atoms with van der Waals surface area (Å²) in [7, 11) is 0. The Morgan fingerprint density at radius 3 is 1.24 bits per heavy atom. The minimum Gasteiger partial charge on any atom is -0.508 e. The second-order valence-electron chi connectivity index (χ2n) is 21.6. The SMILES string of the molecule is Oc1cc(O)c2c(c1)O[C@@]1(c3ccc(O)c(O)c3)Oc3cc(O)c4c(c3[C@@H]2[C@H]1O)O[C@@]1(c2ccc(O)c(O)c2)Oc2cc3c(c(O)c2[C@H]4[C@H]1O)[C@@H]1c2c(cc(O)c4c2O[C@H](c2ccc(O)c(O)c2)[C@@H](O)C4)O[C@](c2ccc(O)c(O)c2)(O3)[C@@H]1O. The molecule has 0 aliphatic carbocycles. The fourth-order valence-corrected chi connectivity index (χ4v) is 13.3. The molecule has 0 saturated heterocycles. The molecule has 0 fully saturated rings. The lowest BCUT2D eigenvalue weighted by atomic mass is 9.69. The number of phenols is 13. The van der Waals surface area contributed by atoms with Crippen molar-refractivity contribution in [1.82, 2.24) is 0 Å². The molecule has 428 valence electrons. The number of aliphatic hydroxyl groups is 4. The van der Waals surface area contributed by atoms with E-state index in [1.165, 1.54) is 36.4 Å². The highest BCUT2D eigenvalue weighted by Gasteiger charge is 2.66. The molecule has 8 aromatic carbocycles. The number of fused-ring (bicyclic) bond motifs is 21. The van der Waals surface area contributed by atoms with Crippen LogP contribution in [0.1, 0.15) is 85.1 Å². The van der Waals surface area contributed by atoms with Crippen molar-refractivity contribution in [2.45, 2.75) is 72.1 Å². The van der Waals surface area contributed by atoms with E-state index < -0.39 is 146 Å². The van der Waals surface area contributed by atoms with Crippen LogP contribution in [0.2, 0.25) is 0 Å². The van der Waals surface area contributed by atoms with Crippen molar-refractivity contribution in [3.05, 3.63) is 164 Å². The first-order valence-corrected chi connectivity index (χ1v) is 25.9. The van der Waals surface area contributed by atoms with Gasteiger partial charge in [-0.25, -0.2) is 0 Å². The number of phenolic OH excluding ortho intramolecular Hbond substituents is 13. The summed E-state index contributed by atoms with van der Waals surface area (Å²) >= 11 is 0. The maximum absolute atomic E-state index is 13.4. The molecule has 7 heterocycles. The lowest BCUT2D eigenvalue weighted by Crippen LogP contribution is -2.60. The number of aromatic hydroxyl groups is 13. The third-order valence-corrected chi connectivity index (χ3v) is 17.1. The fourth-order valence-electron chi connectivity index (χ4n) is 13.3. The average molecular weight is 1150 g/mol. The molecule has 0 spiro atoms. The van der Waals surface area contributed by atoms with E-state index in [-0.39, 0.29) is 102 Å². The molecule has 0 aromatic heterocycles. The maximum atomic E-state index is 13.4. The third kappa shape index (κ3) is 6.43. The van der Waals surface area contributed by atoms with Gasteiger partial charge in [-0.15, -0.1) is 0 Å². The Bertz CT molecular complexity index is 4260. The fraction of sp³-hybridized carbons (Fsp3) is 0.200. The largest absolute Gasteiger partial charge is 0.508 e. The van der Waals surface area contributed by atoms with E-state index in [0.29, 0.717) is 0 Å². The van der Waals surface area contributed by atoms with Crippen LogP contribution < -0.4 is 33.2 Å². The van der Waals surface area contributed by atoms with Crippen LogP contribution in [0.4, 0.5) is 0 Å². The number of aliphatic hydroxyl groups excluding tert-OH is 4. The van der Waals surface area contributed by atoms with Gasteiger partial charge in [0.2, 0.25) is 0 Å². The van der Waals surface area contributed by atoms with Crippen LogP contribution in [0.5, 0.6) is 115 Å². The Morgan fingerprint density at radius 2 is 0.738 bits per heavy atom. The van der Waals surface area contributed by atoms with Crippen molar-refractivity contribution < 1.29 is 120 Å². The average Bonchev–Trinajstić information content (AvgIpc) is 0.869. The summed E-state index contributed by atoms with van der Waals surface area (Å²) in [6, 6.07) is 19.3. The molecule has 0 radical (unpaired) electrons. The van der Waals surface area contributed by atoms with Gasteiger partial charge >= 0.3 is 17.4 Å². The molecule has 0 amide bonds. The molecular weight excluding hydrogens is 1100 g/mol. The molecule has 24 nitrogen and oxygen atoms in total. The Labute approximate surface area is 469 Å². The van der Waals surface area contributed by atoms with Crippen molar-refractivity contribution in [3.8, 4) is 115 Å². The summed E-state index contributed by atoms with van der Waals surface area (Å²) in [5, 5.41) is 196. The molecule has 7 aliphatic rings. The van der Waals surface area contributed by atoms with Crippen LogP contribution in [-0.2, 0) is 23.8 Å². The normalized spacial score (nSPS) is 27.5. The summed E-state index contributed by atoms with van der Waals surface area (Å²) in [5.41, 5.74) is -1.62. The van der Waals surface area contributed by atoms with E-state index in [4.69, 9.17) is 33.2 Å². The molecule has 6 bridgehead atoms. The van der Waals surface area contributed by atoms with Crippen LogP contribution in [0.25, 0.3) is 0 Å². The van der Waals surface area contributed by atoms with Crippen LogP contribution in [0, 0.1) is 0 Å². The number of benzene rings is 8. The monoisotopic (exact) mass is 1150 g/mol. The molecule has 0 unspecified atom stereocenters. The number of hydrogen-bond donors (Lipinski definition) is 17. The van der Waals surface area contributed by atoms with Gasteiger partial charge in [0.1, 0.15) is 93.4 Å². The molecule has 24 heteroatoms. The quantitative estimate of drug-likeness (QED) is 0.0995. The van der Waals surface area contributed by atoms with Crippen molar-refractivity contribution in [2.24, 2.45) is 0 Å². The van der Waals surface area contributed by atoms with Crippen molar-refractivity contribution in [3.63, 3.8) is 0 Å².